The van der Waals surface area contributed by atoms with E-state index in [2.05, 4.69) is 30.6 Å². The third-order valence-electron chi connectivity index (χ3n) is 5.41. The van der Waals surface area contributed by atoms with E-state index in [0.29, 0.717) is 28.6 Å². The third-order valence-corrected chi connectivity index (χ3v) is 5.67. The lowest BCUT2D eigenvalue weighted by Crippen LogP contribution is -2.41. The minimum absolute atomic E-state index is 0.182. The molecule has 2 aromatic heterocycles. The molecule has 0 unspecified atom stereocenters. The summed E-state index contributed by atoms with van der Waals surface area (Å²) >= 11 is 4.98. The summed E-state index contributed by atoms with van der Waals surface area (Å²) in [6.45, 7) is 6.08. The van der Waals surface area contributed by atoms with Crippen LogP contribution < -0.4 is 22.3 Å². The van der Waals surface area contributed by atoms with Gasteiger partial charge in [-0.3, -0.25) is 4.57 Å². The molecule has 0 saturated carbocycles. The highest BCUT2D eigenvalue weighted by molar-refractivity contribution is 7.80. The van der Waals surface area contributed by atoms with Gasteiger partial charge in [0, 0.05) is 13.1 Å². The number of nitrogens with zero attached hydrogens (tertiary/aromatic N) is 5. The normalized spacial score (nSPS) is 27.0. The van der Waals surface area contributed by atoms with Crippen LogP contribution in [0.3, 0.4) is 0 Å². The van der Waals surface area contributed by atoms with E-state index in [1.807, 2.05) is 25.5 Å². The lowest BCUT2D eigenvalue weighted by Gasteiger charge is -2.27. The molecule has 6 N–H and O–H groups in total. The van der Waals surface area contributed by atoms with Gasteiger partial charge in [-0.25, -0.2) is 20.8 Å². The van der Waals surface area contributed by atoms with Gasteiger partial charge >= 0.3 is 0 Å². The third kappa shape index (κ3) is 4.56. The van der Waals surface area contributed by atoms with E-state index >= 15 is 0 Å². The molecule has 2 aromatic rings. The Kier molecular flexibility index (Phi) is 6.23. The van der Waals surface area contributed by atoms with Gasteiger partial charge in [-0.05, 0) is 46.1 Å². The highest BCUT2D eigenvalue weighted by Gasteiger charge is 2.56. The predicted molar refractivity (Wildman–Crippen MR) is 118 cm³/mol. The van der Waals surface area contributed by atoms with Gasteiger partial charge in [-0.1, -0.05) is 0 Å². The number of anilines is 1. The number of ether oxygens (including phenoxy) is 3. The Labute approximate surface area is 185 Å². The zero-order valence-electron chi connectivity index (χ0n) is 17.8. The van der Waals surface area contributed by atoms with Crippen LogP contribution in [0.1, 0.15) is 26.5 Å². The lowest BCUT2D eigenvalue weighted by atomic mass is 10.1. The van der Waals surface area contributed by atoms with E-state index in [0.717, 1.165) is 19.5 Å². The van der Waals surface area contributed by atoms with Crippen molar-refractivity contribution in [3.63, 3.8) is 0 Å². The number of rotatable bonds is 7. The molecule has 4 rings (SSSR count). The SMILES string of the molecule is CN(CCCNC(=S)NN)C[C@H]1O[C@@H](n2cnc3c(N)ncnc32)[C@@H]2OC(C)(C)O[C@@H]21. The minimum atomic E-state index is -0.701. The van der Waals surface area contributed by atoms with Crippen molar-refractivity contribution in [3.8, 4) is 0 Å². The van der Waals surface area contributed by atoms with Gasteiger partial charge in [-0.2, -0.15) is 0 Å². The number of imidazole rings is 1. The van der Waals surface area contributed by atoms with Crippen molar-refractivity contribution in [3.05, 3.63) is 12.7 Å². The molecule has 31 heavy (non-hydrogen) atoms. The van der Waals surface area contributed by atoms with Crippen LogP contribution in [0, 0.1) is 0 Å². The maximum Gasteiger partial charge on any atom is 0.180 e. The summed E-state index contributed by atoms with van der Waals surface area (Å²) in [6.07, 6.45) is 2.86. The second-order valence-electron chi connectivity index (χ2n) is 8.23. The Bertz CT molecular complexity index is 939. The summed E-state index contributed by atoms with van der Waals surface area (Å²) in [4.78, 5) is 14.9. The summed E-state index contributed by atoms with van der Waals surface area (Å²) in [5, 5.41) is 3.47. The number of nitrogens with one attached hydrogen (secondary N) is 2. The number of hydrogen-bond acceptors (Lipinski definition) is 10. The first kappa shape index (κ1) is 22.0. The molecule has 0 aromatic carbocycles. The highest BCUT2D eigenvalue weighted by Crippen LogP contribution is 2.43. The molecule has 0 amide bonds. The molecule has 0 radical (unpaired) electrons. The Morgan fingerprint density at radius 3 is 2.84 bits per heavy atom. The molecule has 170 valence electrons. The largest absolute Gasteiger partial charge is 0.382 e. The molecule has 2 fully saturated rings. The van der Waals surface area contributed by atoms with Gasteiger partial charge in [0.1, 0.15) is 30.2 Å². The summed E-state index contributed by atoms with van der Waals surface area (Å²) in [5.74, 6) is 4.89. The van der Waals surface area contributed by atoms with Crippen LogP contribution in [-0.2, 0) is 14.2 Å². The maximum atomic E-state index is 6.41. The van der Waals surface area contributed by atoms with Gasteiger partial charge in [0.25, 0.3) is 0 Å². The zero-order valence-corrected chi connectivity index (χ0v) is 18.6. The molecule has 0 bridgehead atoms. The summed E-state index contributed by atoms with van der Waals surface area (Å²) in [5.41, 5.74) is 9.50. The van der Waals surface area contributed by atoms with E-state index < -0.39 is 12.0 Å². The van der Waals surface area contributed by atoms with E-state index in [1.54, 1.807) is 6.33 Å². The standard InChI is InChI=1S/C18H29N9O3S/c1-18(2)29-12-10(7-26(3)6-4-5-21-17(31)25-20)28-16(13(12)30-18)27-9-24-11-14(19)22-8-23-15(11)27/h8-10,12-13,16H,4-7,20H2,1-3H3,(H2,19,22,23)(H2,21,25,31)/t10-,12-,13-,16-/m1/s1. The summed E-state index contributed by atoms with van der Waals surface area (Å²) < 4.78 is 20.7. The highest BCUT2D eigenvalue weighted by atomic mass is 32.1. The van der Waals surface area contributed by atoms with Crippen LogP contribution in [-0.4, -0.2) is 80.3 Å². The maximum absolute atomic E-state index is 6.41. The van der Waals surface area contributed by atoms with Crippen LogP contribution in [0.25, 0.3) is 11.2 Å². The molecular formula is C18H29N9O3S. The molecule has 0 spiro atoms. The fraction of sp³-hybridized carbons (Fsp3) is 0.667. The van der Waals surface area contributed by atoms with Gasteiger partial charge in [0.15, 0.2) is 28.6 Å². The molecule has 2 aliphatic rings. The van der Waals surface area contributed by atoms with Crippen LogP contribution >= 0.6 is 12.2 Å². The van der Waals surface area contributed by atoms with Gasteiger partial charge in [0.2, 0.25) is 0 Å². The second-order valence-corrected chi connectivity index (χ2v) is 8.64. The molecule has 4 heterocycles. The van der Waals surface area contributed by atoms with Crippen molar-refractivity contribution < 1.29 is 14.2 Å². The number of fused-ring (bicyclic) bond motifs is 2. The Balaban J connectivity index is 1.46. The average Bonchev–Trinajstić information content (AvgIpc) is 3.37. The fourth-order valence-electron chi connectivity index (χ4n) is 4.09. The number of nitrogen functional groups attached to an aromatic ring is 1. The predicted octanol–water partition coefficient (Wildman–Crippen LogP) is -0.514. The van der Waals surface area contributed by atoms with Gasteiger partial charge in [-0.15, -0.1) is 0 Å². The van der Waals surface area contributed by atoms with Crippen molar-refractivity contribution in [1.82, 2.24) is 35.2 Å². The van der Waals surface area contributed by atoms with Crippen molar-refractivity contribution in [2.24, 2.45) is 5.84 Å². The zero-order chi connectivity index (χ0) is 22.2. The molecule has 2 aliphatic heterocycles. The second kappa shape index (κ2) is 8.76. The van der Waals surface area contributed by atoms with Gasteiger partial charge < -0.3 is 35.6 Å². The molecule has 13 heteroatoms. The van der Waals surface area contributed by atoms with Crippen molar-refractivity contribution in [1.29, 1.82) is 0 Å². The smallest absolute Gasteiger partial charge is 0.180 e. The lowest BCUT2D eigenvalue weighted by molar-refractivity contribution is -0.197. The number of aromatic nitrogens is 4. The summed E-state index contributed by atoms with van der Waals surface area (Å²) in [7, 11) is 2.05. The fourth-order valence-corrected chi connectivity index (χ4v) is 4.19. The van der Waals surface area contributed by atoms with Crippen molar-refractivity contribution in [2.45, 2.75) is 50.6 Å². The molecule has 0 aliphatic carbocycles. The van der Waals surface area contributed by atoms with E-state index in [1.165, 1.54) is 6.33 Å². The van der Waals surface area contributed by atoms with E-state index in [9.17, 15) is 0 Å². The average molecular weight is 452 g/mol. The van der Waals surface area contributed by atoms with E-state index in [-0.39, 0.29) is 18.3 Å². The molecule has 2 saturated heterocycles. The number of hydrogen-bond donors (Lipinski definition) is 4. The first-order valence-electron chi connectivity index (χ1n) is 10.2. The first-order chi connectivity index (χ1) is 14.8. The van der Waals surface area contributed by atoms with Crippen LogP contribution in [0.15, 0.2) is 12.7 Å². The topological polar surface area (TPSA) is 151 Å². The minimum Gasteiger partial charge on any atom is -0.382 e. The number of hydrazine groups is 1. The first-order valence-corrected chi connectivity index (χ1v) is 10.6. The number of thiocarbonyl (C=S) groups is 1. The van der Waals surface area contributed by atoms with Crippen molar-refractivity contribution >= 4 is 34.3 Å². The Hall–Kier alpha value is -2.16. The number of nitrogens with two attached hydrogens (primary N) is 2. The monoisotopic (exact) mass is 451 g/mol. The van der Waals surface area contributed by atoms with E-state index in [4.69, 9.17) is 38.0 Å². The quantitative estimate of drug-likeness (QED) is 0.186. The molecular weight excluding hydrogens is 422 g/mol. The molecule has 12 nitrogen and oxygen atoms in total. The Morgan fingerprint density at radius 2 is 2.06 bits per heavy atom. The number of likely N-dealkylation sites (N-methyl/N-ethyl adjacent to an activating group) is 1. The Morgan fingerprint density at radius 1 is 1.29 bits per heavy atom. The molecule has 4 atom stereocenters. The van der Waals surface area contributed by atoms with Crippen molar-refractivity contribution in [2.75, 3.05) is 32.4 Å². The van der Waals surface area contributed by atoms with Crippen LogP contribution in [0.4, 0.5) is 5.82 Å². The summed E-state index contributed by atoms with van der Waals surface area (Å²) in [6, 6.07) is 0. The van der Waals surface area contributed by atoms with Crippen LogP contribution in [0.5, 0.6) is 0 Å². The van der Waals surface area contributed by atoms with Crippen LogP contribution in [0.2, 0.25) is 0 Å². The van der Waals surface area contributed by atoms with Gasteiger partial charge in [0.05, 0.1) is 6.33 Å².